The van der Waals surface area contributed by atoms with E-state index in [1.165, 1.54) is 6.07 Å². The Labute approximate surface area is 119 Å². The number of hydrogen-bond donors (Lipinski definition) is 3. The van der Waals surface area contributed by atoms with E-state index < -0.39 is 15.6 Å². The number of nitrogens with zero attached hydrogens (tertiary/aromatic N) is 1. The molecule has 5 N–H and O–H groups in total. The Morgan fingerprint density at radius 1 is 1.30 bits per heavy atom. The van der Waals surface area contributed by atoms with Crippen molar-refractivity contribution in [3.63, 3.8) is 0 Å². The zero-order valence-corrected chi connectivity index (χ0v) is 12.4. The molecular formula is C13H21N3O3S. The zero-order valence-electron chi connectivity index (χ0n) is 11.5. The Morgan fingerprint density at radius 2 is 2.00 bits per heavy atom. The molecular weight excluding hydrogens is 278 g/mol. The number of nitrogen functional groups attached to an aromatic ring is 1. The molecule has 1 aromatic carbocycles. The molecule has 20 heavy (non-hydrogen) atoms. The molecule has 1 aromatic rings. The molecule has 1 fully saturated rings. The lowest BCUT2D eigenvalue weighted by Crippen LogP contribution is -2.29. The lowest BCUT2D eigenvalue weighted by Gasteiger charge is -2.26. The van der Waals surface area contributed by atoms with Crippen LogP contribution in [0.2, 0.25) is 0 Å². The molecule has 2 rings (SSSR count). The summed E-state index contributed by atoms with van der Waals surface area (Å²) in [7, 11) is -3.83. The minimum atomic E-state index is -3.83. The van der Waals surface area contributed by atoms with Crippen LogP contribution in [0.3, 0.4) is 0 Å². The lowest BCUT2D eigenvalue weighted by molar-refractivity contribution is 0.0481. The Kier molecular flexibility index (Phi) is 3.95. The highest BCUT2D eigenvalue weighted by Gasteiger charge is 2.27. The number of aliphatic hydroxyl groups is 1. The molecule has 0 bridgehead atoms. The van der Waals surface area contributed by atoms with Crippen LogP contribution in [0.5, 0.6) is 0 Å². The van der Waals surface area contributed by atoms with E-state index in [4.69, 9.17) is 10.9 Å². The molecule has 1 saturated heterocycles. The molecule has 1 aliphatic heterocycles. The summed E-state index contributed by atoms with van der Waals surface area (Å²) in [5.74, 6) is 0. The van der Waals surface area contributed by atoms with Crippen LogP contribution < -0.4 is 15.8 Å². The Hall–Kier alpha value is -1.31. The summed E-state index contributed by atoms with van der Waals surface area (Å²) in [6.07, 6.45) is 2.08. The van der Waals surface area contributed by atoms with Gasteiger partial charge in [-0.25, -0.2) is 13.6 Å². The summed E-state index contributed by atoms with van der Waals surface area (Å²) >= 11 is 0. The summed E-state index contributed by atoms with van der Waals surface area (Å²) in [4.78, 5) is 1.99. The molecule has 0 aromatic heterocycles. The number of benzene rings is 1. The maximum Gasteiger partial charge on any atom is 0.240 e. The first-order valence-corrected chi connectivity index (χ1v) is 8.13. The molecule has 6 nitrogen and oxygen atoms in total. The number of anilines is 2. The minimum Gasteiger partial charge on any atom is -0.399 e. The molecule has 1 heterocycles. The molecule has 0 radical (unpaired) electrons. The third-order valence-corrected chi connectivity index (χ3v) is 4.63. The average molecular weight is 299 g/mol. The monoisotopic (exact) mass is 299 g/mol. The van der Waals surface area contributed by atoms with E-state index in [-0.39, 0.29) is 4.90 Å². The first kappa shape index (κ1) is 15.1. The van der Waals surface area contributed by atoms with Crippen molar-refractivity contribution < 1.29 is 13.5 Å². The van der Waals surface area contributed by atoms with Crippen molar-refractivity contribution >= 4 is 21.4 Å². The topological polar surface area (TPSA) is 110 Å². The van der Waals surface area contributed by atoms with Gasteiger partial charge in [0.05, 0.1) is 11.3 Å². The molecule has 7 heteroatoms. The quantitative estimate of drug-likeness (QED) is 0.695. The van der Waals surface area contributed by atoms with Crippen molar-refractivity contribution in [1.29, 1.82) is 0 Å². The number of nitrogens with two attached hydrogens (primary N) is 2. The van der Waals surface area contributed by atoms with Crippen LogP contribution in [-0.2, 0) is 10.0 Å². The highest BCUT2D eigenvalue weighted by Crippen LogP contribution is 2.30. The van der Waals surface area contributed by atoms with Gasteiger partial charge in [-0.3, -0.25) is 0 Å². The highest BCUT2D eigenvalue weighted by atomic mass is 32.2. The second-order valence-corrected chi connectivity index (χ2v) is 7.14. The van der Waals surface area contributed by atoms with E-state index >= 15 is 0 Å². The van der Waals surface area contributed by atoms with Gasteiger partial charge in [-0.05, 0) is 44.4 Å². The second-order valence-electron chi connectivity index (χ2n) is 5.61. The summed E-state index contributed by atoms with van der Waals surface area (Å²) < 4.78 is 23.4. The SMILES string of the molecule is CC1(O)CCCN(c2ccc(N)cc2S(N)(=O)=O)CC1. The van der Waals surface area contributed by atoms with Gasteiger partial charge in [-0.15, -0.1) is 0 Å². The molecule has 0 spiro atoms. The normalized spacial score (nSPS) is 24.4. The standard InChI is InChI=1S/C13H21N3O3S/c1-13(17)5-2-7-16(8-6-13)11-4-3-10(14)9-12(11)20(15,18)19/h3-4,9,17H,2,5-8,14H2,1H3,(H2,15,18,19). The van der Waals surface area contributed by atoms with Crippen LogP contribution in [0.1, 0.15) is 26.2 Å². The second kappa shape index (κ2) is 5.23. The zero-order chi connectivity index (χ0) is 15.0. The average Bonchev–Trinajstić information content (AvgIpc) is 2.49. The van der Waals surface area contributed by atoms with Gasteiger partial charge in [-0.1, -0.05) is 0 Å². The smallest absolute Gasteiger partial charge is 0.240 e. The van der Waals surface area contributed by atoms with Gasteiger partial charge < -0.3 is 15.7 Å². The van der Waals surface area contributed by atoms with Crippen LogP contribution in [0.4, 0.5) is 11.4 Å². The summed E-state index contributed by atoms with van der Waals surface area (Å²) in [5.41, 5.74) is 5.86. The molecule has 1 atom stereocenters. The maximum absolute atomic E-state index is 11.7. The highest BCUT2D eigenvalue weighted by molar-refractivity contribution is 7.89. The van der Waals surface area contributed by atoms with Gasteiger partial charge in [0.1, 0.15) is 4.90 Å². The number of sulfonamides is 1. The number of hydrogen-bond acceptors (Lipinski definition) is 5. The Balaban J connectivity index is 2.38. The third kappa shape index (κ3) is 3.41. The van der Waals surface area contributed by atoms with E-state index in [0.29, 0.717) is 37.3 Å². The van der Waals surface area contributed by atoms with Crippen LogP contribution in [0, 0.1) is 0 Å². The summed E-state index contributed by atoms with van der Waals surface area (Å²) in [5, 5.41) is 15.4. The fourth-order valence-electron chi connectivity index (χ4n) is 2.52. The summed E-state index contributed by atoms with van der Waals surface area (Å²) in [6, 6.07) is 4.72. The van der Waals surface area contributed by atoms with Gasteiger partial charge in [0.15, 0.2) is 0 Å². The lowest BCUT2D eigenvalue weighted by atomic mass is 9.98. The van der Waals surface area contributed by atoms with Crippen LogP contribution in [-0.4, -0.2) is 32.2 Å². The molecule has 112 valence electrons. The molecule has 0 aliphatic carbocycles. The van der Waals surface area contributed by atoms with Crippen LogP contribution in [0.25, 0.3) is 0 Å². The molecule has 1 aliphatic rings. The molecule has 0 saturated carbocycles. The fourth-order valence-corrected chi connectivity index (χ4v) is 3.31. The molecule has 1 unspecified atom stereocenters. The third-order valence-electron chi connectivity index (χ3n) is 3.69. The number of rotatable bonds is 2. The van der Waals surface area contributed by atoms with E-state index in [2.05, 4.69) is 0 Å². The predicted octanol–water partition coefficient (Wildman–Crippen LogP) is 0.657. The van der Waals surface area contributed by atoms with Crippen molar-refractivity contribution in [1.82, 2.24) is 0 Å². The van der Waals surface area contributed by atoms with Gasteiger partial charge in [0, 0.05) is 18.8 Å². The minimum absolute atomic E-state index is 0.0408. The van der Waals surface area contributed by atoms with Crippen molar-refractivity contribution in [3.05, 3.63) is 18.2 Å². The van der Waals surface area contributed by atoms with Crippen LogP contribution in [0.15, 0.2) is 23.1 Å². The van der Waals surface area contributed by atoms with E-state index in [0.717, 1.165) is 6.42 Å². The molecule has 0 amide bonds. The van der Waals surface area contributed by atoms with E-state index in [1.807, 2.05) is 4.90 Å². The van der Waals surface area contributed by atoms with Crippen molar-refractivity contribution in [2.24, 2.45) is 5.14 Å². The van der Waals surface area contributed by atoms with Crippen molar-refractivity contribution in [3.8, 4) is 0 Å². The van der Waals surface area contributed by atoms with Gasteiger partial charge >= 0.3 is 0 Å². The van der Waals surface area contributed by atoms with E-state index in [1.54, 1.807) is 19.1 Å². The van der Waals surface area contributed by atoms with Crippen molar-refractivity contribution in [2.45, 2.75) is 36.7 Å². The van der Waals surface area contributed by atoms with Gasteiger partial charge in [0.25, 0.3) is 0 Å². The first-order chi connectivity index (χ1) is 9.19. The van der Waals surface area contributed by atoms with Gasteiger partial charge in [-0.2, -0.15) is 0 Å². The van der Waals surface area contributed by atoms with E-state index in [9.17, 15) is 13.5 Å². The maximum atomic E-state index is 11.7. The Morgan fingerprint density at radius 3 is 2.65 bits per heavy atom. The number of primary sulfonamides is 1. The van der Waals surface area contributed by atoms with Crippen LogP contribution >= 0.6 is 0 Å². The van der Waals surface area contributed by atoms with Crippen molar-refractivity contribution in [2.75, 3.05) is 23.7 Å². The largest absolute Gasteiger partial charge is 0.399 e. The predicted molar refractivity (Wildman–Crippen MR) is 78.9 cm³/mol. The summed E-state index contributed by atoms with van der Waals surface area (Å²) in [6.45, 7) is 3.07. The first-order valence-electron chi connectivity index (χ1n) is 6.59. The fraction of sp³-hybridized carbons (Fsp3) is 0.538. The Bertz CT molecular complexity index is 599. The van der Waals surface area contributed by atoms with Gasteiger partial charge in [0.2, 0.25) is 10.0 Å².